The number of allylic oxidation sites excluding steroid dienone is 1. The van der Waals surface area contributed by atoms with Gasteiger partial charge in [-0.1, -0.05) is 36.4 Å². The van der Waals surface area contributed by atoms with Crippen LogP contribution in [0.3, 0.4) is 0 Å². The van der Waals surface area contributed by atoms with Crippen LogP contribution in [0.4, 0.5) is 4.79 Å². The first-order chi connectivity index (χ1) is 13.1. The van der Waals surface area contributed by atoms with Gasteiger partial charge in [-0.2, -0.15) is 0 Å². The molecule has 0 spiro atoms. The predicted octanol–water partition coefficient (Wildman–Crippen LogP) is 2.46. The summed E-state index contributed by atoms with van der Waals surface area (Å²) in [6.07, 6.45) is 1.76. The van der Waals surface area contributed by atoms with Crippen LogP contribution < -0.4 is 0 Å². The van der Waals surface area contributed by atoms with E-state index in [-0.39, 0.29) is 30.8 Å². The second-order valence-electron chi connectivity index (χ2n) is 7.14. The number of carbonyl (C=O) groups is 2. The highest BCUT2D eigenvalue weighted by atomic mass is 16.9. The molecule has 27 heavy (non-hydrogen) atoms. The van der Waals surface area contributed by atoms with Crippen LogP contribution in [-0.2, 0) is 30.3 Å². The maximum absolute atomic E-state index is 12.8. The molecule has 7 nitrogen and oxygen atoms in total. The van der Waals surface area contributed by atoms with Crippen LogP contribution in [0, 0.1) is 11.8 Å². The highest BCUT2D eigenvalue weighted by Crippen LogP contribution is 2.43. The predicted molar refractivity (Wildman–Crippen MR) is 94.3 cm³/mol. The van der Waals surface area contributed by atoms with Gasteiger partial charge < -0.3 is 18.9 Å². The van der Waals surface area contributed by atoms with Gasteiger partial charge in [0.25, 0.3) is 0 Å². The Morgan fingerprint density at radius 2 is 1.89 bits per heavy atom. The van der Waals surface area contributed by atoms with Crippen LogP contribution in [0.2, 0.25) is 0 Å². The smallest absolute Gasteiger partial charge is 0.417 e. The fourth-order valence-corrected chi connectivity index (χ4v) is 3.91. The maximum Gasteiger partial charge on any atom is 0.417 e. The lowest BCUT2D eigenvalue weighted by Crippen LogP contribution is -2.65. The van der Waals surface area contributed by atoms with E-state index in [0.717, 1.165) is 10.5 Å². The van der Waals surface area contributed by atoms with E-state index in [0.29, 0.717) is 26.2 Å². The summed E-state index contributed by atoms with van der Waals surface area (Å²) in [5, 5.41) is 0. The summed E-state index contributed by atoms with van der Waals surface area (Å²) in [6.45, 7) is 5.30. The Hall–Kier alpha value is -2.22. The molecule has 1 aromatic carbocycles. The quantitative estimate of drug-likeness (QED) is 0.738. The Bertz CT molecular complexity index is 699. The molecule has 0 unspecified atom stereocenters. The lowest BCUT2D eigenvalue weighted by atomic mass is 9.93. The minimum absolute atomic E-state index is 0.0833. The number of hydrogen-bond acceptors (Lipinski definition) is 6. The standard InChI is InChI=1S/C20H23NO6/c1-2-6-16-9-17(22)21(19(23)24-10-14-7-4-3-5-8-14)18(16)20-25-11-15(12-26-20)13-27-20/h2-5,7-8,15-16,18H,1,6,9-13H2/t15?,16-,18-,20?/m0/s1. The third-order valence-corrected chi connectivity index (χ3v) is 5.22. The zero-order valence-corrected chi connectivity index (χ0v) is 15.0. The van der Waals surface area contributed by atoms with Crippen LogP contribution in [0.1, 0.15) is 18.4 Å². The SMILES string of the molecule is C=CC[C@H]1CC(=O)N(C(=O)OCc2ccccc2)[C@@H]1C12OCC(CO1)CO2. The number of ether oxygens (including phenoxy) is 4. The van der Waals surface area contributed by atoms with Gasteiger partial charge in [-0.25, -0.2) is 9.69 Å². The van der Waals surface area contributed by atoms with Crippen LogP contribution in [0.5, 0.6) is 0 Å². The van der Waals surface area contributed by atoms with E-state index in [1.165, 1.54) is 0 Å². The number of amides is 2. The van der Waals surface area contributed by atoms with Crippen molar-refractivity contribution in [2.45, 2.75) is 31.5 Å². The Morgan fingerprint density at radius 1 is 1.22 bits per heavy atom. The Labute approximate surface area is 157 Å². The zero-order chi connectivity index (χ0) is 18.9. The fourth-order valence-electron chi connectivity index (χ4n) is 3.91. The van der Waals surface area contributed by atoms with Crippen molar-refractivity contribution in [3.63, 3.8) is 0 Å². The van der Waals surface area contributed by atoms with Gasteiger partial charge in [0.2, 0.25) is 5.91 Å². The number of likely N-dealkylation sites (tertiary alicyclic amines) is 1. The molecule has 1 aromatic rings. The van der Waals surface area contributed by atoms with E-state index in [4.69, 9.17) is 18.9 Å². The largest absolute Gasteiger partial charge is 0.444 e. The molecule has 144 valence electrons. The first-order valence-corrected chi connectivity index (χ1v) is 9.18. The van der Waals surface area contributed by atoms with Gasteiger partial charge in [0, 0.05) is 18.3 Å². The molecule has 7 heteroatoms. The normalized spacial score (nSPS) is 32.5. The summed E-state index contributed by atoms with van der Waals surface area (Å²) in [4.78, 5) is 26.6. The molecule has 0 radical (unpaired) electrons. The molecular weight excluding hydrogens is 350 g/mol. The van der Waals surface area contributed by atoms with Gasteiger partial charge >= 0.3 is 12.1 Å². The minimum Gasteiger partial charge on any atom is -0.444 e. The molecule has 0 aromatic heterocycles. The number of hydrogen-bond donors (Lipinski definition) is 0. The second kappa shape index (κ2) is 7.42. The fraction of sp³-hybridized carbons (Fsp3) is 0.500. The van der Waals surface area contributed by atoms with Crippen molar-refractivity contribution in [3.05, 3.63) is 48.6 Å². The summed E-state index contributed by atoms with van der Waals surface area (Å²) in [7, 11) is 0. The second-order valence-corrected chi connectivity index (χ2v) is 7.14. The van der Waals surface area contributed by atoms with E-state index in [2.05, 4.69) is 6.58 Å². The summed E-state index contributed by atoms with van der Waals surface area (Å²) in [5.41, 5.74) is 0.844. The molecule has 0 N–H and O–H groups in total. The van der Waals surface area contributed by atoms with Crippen LogP contribution in [0.15, 0.2) is 43.0 Å². The molecule has 4 aliphatic heterocycles. The van der Waals surface area contributed by atoms with Crippen LogP contribution >= 0.6 is 0 Å². The number of fused-ring (bicyclic) bond motifs is 3. The highest BCUT2D eigenvalue weighted by Gasteiger charge is 2.61. The van der Waals surface area contributed by atoms with Gasteiger partial charge in [0.05, 0.1) is 19.8 Å². The molecule has 4 saturated heterocycles. The van der Waals surface area contributed by atoms with Crippen LogP contribution in [-0.4, -0.2) is 48.7 Å². The van der Waals surface area contributed by atoms with E-state index in [1.807, 2.05) is 30.3 Å². The molecule has 2 atom stereocenters. The van der Waals surface area contributed by atoms with Crippen molar-refractivity contribution >= 4 is 12.0 Å². The van der Waals surface area contributed by atoms with Crippen molar-refractivity contribution in [2.24, 2.45) is 11.8 Å². The number of benzene rings is 1. The summed E-state index contributed by atoms with van der Waals surface area (Å²) in [6, 6.07) is 8.62. The third kappa shape index (κ3) is 3.38. The van der Waals surface area contributed by atoms with E-state index in [9.17, 15) is 9.59 Å². The minimum atomic E-state index is -1.42. The first-order valence-electron chi connectivity index (χ1n) is 9.18. The lowest BCUT2D eigenvalue weighted by molar-refractivity contribution is -0.464. The van der Waals surface area contributed by atoms with Crippen molar-refractivity contribution in [3.8, 4) is 0 Å². The van der Waals surface area contributed by atoms with Crippen molar-refractivity contribution < 1.29 is 28.5 Å². The molecule has 0 aliphatic carbocycles. The van der Waals surface area contributed by atoms with Gasteiger partial charge in [-0.05, 0) is 12.0 Å². The molecule has 5 rings (SSSR count). The van der Waals surface area contributed by atoms with Crippen molar-refractivity contribution in [2.75, 3.05) is 19.8 Å². The summed E-state index contributed by atoms with van der Waals surface area (Å²) >= 11 is 0. The summed E-state index contributed by atoms with van der Waals surface area (Å²) < 4.78 is 22.9. The Morgan fingerprint density at radius 3 is 2.52 bits per heavy atom. The number of imide groups is 1. The molecular formula is C20H23NO6. The number of rotatable bonds is 5. The number of nitrogens with zero attached hydrogens (tertiary/aromatic N) is 1. The van der Waals surface area contributed by atoms with E-state index >= 15 is 0 Å². The maximum atomic E-state index is 12.8. The topological polar surface area (TPSA) is 74.3 Å². The molecule has 4 aliphatic rings. The van der Waals surface area contributed by atoms with E-state index in [1.54, 1.807) is 6.08 Å². The molecule has 2 amide bonds. The Kier molecular flexibility index (Phi) is 4.99. The zero-order valence-electron chi connectivity index (χ0n) is 15.0. The van der Waals surface area contributed by atoms with Crippen LogP contribution in [0.25, 0.3) is 0 Å². The third-order valence-electron chi connectivity index (χ3n) is 5.22. The van der Waals surface area contributed by atoms with E-state index < -0.39 is 18.1 Å². The highest BCUT2D eigenvalue weighted by molar-refractivity contribution is 5.94. The van der Waals surface area contributed by atoms with Gasteiger partial charge in [0.1, 0.15) is 12.6 Å². The average Bonchev–Trinajstić information content (AvgIpc) is 3.05. The molecule has 0 saturated carbocycles. The van der Waals surface area contributed by atoms with Gasteiger partial charge in [-0.15, -0.1) is 6.58 Å². The monoisotopic (exact) mass is 373 g/mol. The molecule has 4 heterocycles. The van der Waals surface area contributed by atoms with Crippen molar-refractivity contribution in [1.29, 1.82) is 0 Å². The van der Waals surface area contributed by atoms with Crippen molar-refractivity contribution in [1.82, 2.24) is 4.90 Å². The molecule has 2 bridgehead atoms. The molecule has 4 fully saturated rings. The first kappa shape index (κ1) is 18.2. The summed E-state index contributed by atoms with van der Waals surface area (Å²) in [5.74, 6) is -1.75. The van der Waals surface area contributed by atoms with Gasteiger partial charge in [0.15, 0.2) is 0 Å². The average molecular weight is 373 g/mol. The lowest BCUT2D eigenvalue weighted by Gasteiger charge is -2.50. The number of carbonyl (C=O) groups excluding carboxylic acids is 2. The Balaban J connectivity index is 1.55. The van der Waals surface area contributed by atoms with Gasteiger partial charge in [-0.3, -0.25) is 4.79 Å².